The van der Waals surface area contributed by atoms with Gasteiger partial charge in [-0.2, -0.15) is 0 Å². The fourth-order valence-corrected chi connectivity index (χ4v) is 2.49. The van der Waals surface area contributed by atoms with Crippen molar-refractivity contribution in [2.45, 2.75) is 20.3 Å². The van der Waals surface area contributed by atoms with Crippen LogP contribution in [0.4, 0.5) is 11.4 Å². The summed E-state index contributed by atoms with van der Waals surface area (Å²) in [5, 5.41) is 11.3. The Morgan fingerprint density at radius 2 is 2.13 bits per heavy atom. The maximum atomic E-state index is 12.1. The zero-order valence-electron chi connectivity index (χ0n) is 13.0. The van der Waals surface area contributed by atoms with Crippen molar-refractivity contribution in [2.24, 2.45) is 5.92 Å². The van der Waals surface area contributed by atoms with Crippen molar-refractivity contribution in [1.82, 2.24) is 0 Å². The molecule has 0 N–H and O–H groups in total. The Bertz CT molecular complexity index is 630. The smallest absolute Gasteiger partial charge is 0.311 e. The molecule has 1 aliphatic rings. The molecule has 8 nitrogen and oxygen atoms in total. The van der Waals surface area contributed by atoms with Gasteiger partial charge in [0.1, 0.15) is 11.4 Å². The number of ether oxygens (including phenoxy) is 2. The molecule has 1 aliphatic heterocycles. The molecule has 0 saturated carbocycles. The minimum atomic E-state index is -0.603. The Labute approximate surface area is 133 Å². The van der Waals surface area contributed by atoms with E-state index in [9.17, 15) is 19.7 Å². The van der Waals surface area contributed by atoms with Gasteiger partial charge in [0.2, 0.25) is 5.91 Å². The van der Waals surface area contributed by atoms with E-state index in [1.165, 1.54) is 17.0 Å². The monoisotopic (exact) mass is 322 g/mol. The van der Waals surface area contributed by atoms with Crippen LogP contribution < -0.4 is 9.64 Å². The largest absolute Gasteiger partial charge is 0.494 e. The Hall–Kier alpha value is -2.64. The van der Waals surface area contributed by atoms with Crippen molar-refractivity contribution in [3.05, 3.63) is 28.3 Å². The van der Waals surface area contributed by atoms with Gasteiger partial charge < -0.3 is 14.4 Å². The molecule has 0 aromatic heterocycles. The first-order chi connectivity index (χ1) is 11.0. The number of nitro groups is 1. The second kappa shape index (κ2) is 7.08. The lowest BCUT2D eigenvalue weighted by Gasteiger charge is -2.17. The van der Waals surface area contributed by atoms with Gasteiger partial charge in [0.25, 0.3) is 5.69 Å². The van der Waals surface area contributed by atoms with Crippen LogP contribution in [0.2, 0.25) is 0 Å². The lowest BCUT2D eigenvalue weighted by Crippen LogP contribution is -2.27. The van der Waals surface area contributed by atoms with Crippen LogP contribution in [-0.4, -0.2) is 36.6 Å². The van der Waals surface area contributed by atoms with Crippen molar-refractivity contribution < 1.29 is 24.0 Å². The molecule has 0 aliphatic carbocycles. The predicted molar refractivity (Wildman–Crippen MR) is 81.4 cm³/mol. The average Bonchev–Trinajstić information content (AvgIpc) is 2.90. The van der Waals surface area contributed by atoms with E-state index in [1.54, 1.807) is 19.9 Å². The summed E-state index contributed by atoms with van der Waals surface area (Å²) in [5.41, 5.74) is -0.0657. The number of esters is 1. The van der Waals surface area contributed by atoms with Gasteiger partial charge in [0, 0.05) is 13.0 Å². The zero-order valence-corrected chi connectivity index (χ0v) is 13.0. The van der Waals surface area contributed by atoms with Crippen molar-refractivity contribution in [2.75, 3.05) is 24.7 Å². The molecule has 0 bridgehead atoms. The summed E-state index contributed by atoms with van der Waals surface area (Å²) in [6, 6.07) is 4.31. The van der Waals surface area contributed by atoms with E-state index >= 15 is 0 Å². The quantitative estimate of drug-likeness (QED) is 0.450. The summed E-state index contributed by atoms with van der Waals surface area (Å²) in [5.74, 6) is -1.04. The second-order valence-electron chi connectivity index (χ2n) is 5.00. The van der Waals surface area contributed by atoms with Crippen molar-refractivity contribution in [3.8, 4) is 5.75 Å². The molecule has 0 spiro atoms. The first-order valence-corrected chi connectivity index (χ1v) is 7.36. The number of carbonyl (C=O) groups is 2. The summed E-state index contributed by atoms with van der Waals surface area (Å²) in [6.07, 6.45) is -0.0107. The number of benzene rings is 1. The van der Waals surface area contributed by atoms with E-state index in [-0.39, 0.29) is 36.9 Å². The standard InChI is InChI=1S/C15H18N2O6/c1-3-22-11-5-6-12(13(8-11)17(20)21)16-9-10(7-14(16)18)15(19)23-4-2/h5-6,8,10H,3-4,7,9H2,1-2H3. The fraction of sp³-hybridized carbons (Fsp3) is 0.467. The average molecular weight is 322 g/mol. The van der Waals surface area contributed by atoms with Gasteiger partial charge in [-0.3, -0.25) is 19.7 Å². The molecule has 1 heterocycles. The highest BCUT2D eigenvalue weighted by atomic mass is 16.6. The second-order valence-corrected chi connectivity index (χ2v) is 5.00. The highest BCUT2D eigenvalue weighted by Gasteiger charge is 2.38. The molecule has 23 heavy (non-hydrogen) atoms. The number of hydrogen-bond acceptors (Lipinski definition) is 6. The molecule has 2 rings (SSSR count). The van der Waals surface area contributed by atoms with Crippen LogP contribution in [0.15, 0.2) is 18.2 Å². The normalized spacial score (nSPS) is 17.2. The third-order valence-electron chi connectivity index (χ3n) is 3.49. The molecule has 1 unspecified atom stereocenters. The summed E-state index contributed by atoms with van der Waals surface area (Å²) in [6.45, 7) is 4.14. The number of carbonyl (C=O) groups excluding carboxylic acids is 2. The van der Waals surface area contributed by atoms with E-state index in [0.29, 0.717) is 12.4 Å². The van der Waals surface area contributed by atoms with Crippen molar-refractivity contribution in [1.29, 1.82) is 0 Å². The summed E-state index contributed by atoms with van der Waals surface area (Å²) >= 11 is 0. The Kier molecular flexibility index (Phi) is 5.15. The lowest BCUT2D eigenvalue weighted by atomic mass is 10.1. The molecular formula is C15H18N2O6. The number of rotatable bonds is 6. The van der Waals surface area contributed by atoms with Gasteiger partial charge in [0.05, 0.1) is 30.1 Å². The molecule has 124 valence electrons. The maximum absolute atomic E-state index is 12.1. The highest BCUT2D eigenvalue weighted by molar-refractivity contribution is 6.01. The lowest BCUT2D eigenvalue weighted by molar-refractivity contribution is -0.384. The van der Waals surface area contributed by atoms with Crippen LogP contribution in [0, 0.1) is 16.0 Å². The molecule has 0 radical (unpaired) electrons. The van der Waals surface area contributed by atoms with Gasteiger partial charge in [-0.15, -0.1) is 0 Å². The molecular weight excluding hydrogens is 304 g/mol. The van der Waals surface area contributed by atoms with Gasteiger partial charge in [-0.25, -0.2) is 0 Å². The number of amides is 1. The van der Waals surface area contributed by atoms with Gasteiger partial charge in [0.15, 0.2) is 0 Å². The minimum Gasteiger partial charge on any atom is -0.494 e. The third kappa shape index (κ3) is 3.58. The Morgan fingerprint density at radius 3 is 2.74 bits per heavy atom. The van der Waals surface area contributed by atoms with Crippen molar-refractivity contribution >= 4 is 23.3 Å². The molecule has 1 amide bonds. The molecule has 8 heteroatoms. The van der Waals surface area contributed by atoms with Crippen LogP contribution in [-0.2, 0) is 14.3 Å². The number of nitrogens with zero attached hydrogens (tertiary/aromatic N) is 2. The van der Waals surface area contributed by atoms with Gasteiger partial charge in [-0.05, 0) is 26.0 Å². The molecule has 1 aromatic rings. The fourth-order valence-electron chi connectivity index (χ4n) is 2.49. The topological polar surface area (TPSA) is 99.0 Å². The molecule has 1 atom stereocenters. The van der Waals surface area contributed by atoms with Crippen LogP contribution >= 0.6 is 0 Å². The SMILES string of the molecule is CCOC(=O)C1CC(=O)N(c2ccc(OCC)cc2[N+](=O)[O-])C1. The van der Waals surface area contributed by atoms with Crippen LogP contribution in [0.25, 0.3) is 0 Å². The number of nitro benzene ring substituents is 1. The number of anilines is 1. The summed E-state index contributed by atoms with van der Waals surface area (Å²) in [7, 11) is 0. The van der Waals surface area contributed by atoms with E-state index in [2.05, 4.69) is 0 Å². The Morgan fingerprint density at radius 1 is 1.39 bits per heavy atom. The highest BCUT2D eigenvalue weighted by Crippen LogP contribution is 2.35. The van der Waals surface area contributed by atoms with Gasteiger partial charge in [-0.1, -0.05) is 0 Å². The summed E-state index contributed by atoms with van der Waals surface area (Å²) < 4.78 is 10.2. The number of hydrogen-bond donors (Lipinski definition) is 0. The van der Waals surface area contributed by atoms with Crippen molar-refractivity contribution in [3.63, 3.8) is 0 Å². The van der Waals surface area contributed by atoms with Crippen LogP contribution in [0.1, 0.15) is 20.3 Å². The summed E-state index contributed by atoms with van der Waals surface area (Å²) in [4.78, 5) is 35.9. The Balaban J connectivity index is 2.29. The van der Waals surface area contributed by atoms with Crippen LogP contribution in [0.3, 0.4) is 0 Å². The van der Waals surface area contributed by atoms with Gasteiger partial charge >= 0.3 is 5.97 Å². The molecule has 1 saturated heterocycles. The maximum Gasteiger partial charge on any atom is 0.311 e. The van der Waals surface area contributed by atoms with E-state index in [0.717, 1.165) is 0 Å². The minimum absolute atomic E-state index is 0.0107. The first kappa shape index (κ1) is 16.7. The molecule has 1 aromatic carbocycles. The van der Waals surface area contributed by atoms with E-state index in [4.69, 9.17) is 9.47 Å². The zero-order chi connectivity index (χ0) is 17.0. The first-order valence-electron chi connectivity index (χ1n) is 7.36. The van der Waals surface area contributed by atoms with Crippen LogP contribution in [0.5, 0.6) is 5.75 Å². The van der Waals surface area contributed by atoms with E-state index < -0.39 is 16.8 Å². The van der Waals surface area contributed by atoms with E-state index in [1.807, 2.05) is 0 Å². The third-order valence-corrected chi connectivity index (χ3v) is 3.49. The molecule has 1 fully saturated rings. The predicted octanol–water partition coefficient (Wildman–Crippen LogP) is 1.91.